The standard InChI is InChI=1S/C26H27F4N3O2/c1-3-31-21-11-6-15(2)13-19(21)25(35)33-12-4-5-22(33)24(34)32-23(16-7-8-16)18-10-9-17(14-20(18)27)26(28,29)30/h6-7,9-11,13-14,22-23,31H,3-5,8,12H2,1-2H3,(H,32,34)/t22-,23-/m1/s1. The van der Waals surface area contributed by atoms with Gasteiger partial charge in [0.1, 0.15) is 11.9 Å². The lowest BCUT2D eigenvalue weighted by Crippen LogP contribution is -2.47. The summed E-state index contributed by atoms with van der Waals surface area (Å²) >= 11 is 0. The van der Waals surface area contributed by atoms with E-state index in [1.54, 1.807) is 12.1 Å². The number of aryl methyl sites for hydroxylation is 1. The number of likely N-dealkylation sites (tertiary alicyclic amines) is 1. The first-order chi connectivity index (χ1) is 16.6. The summed E-state index contributed by atoms with van der Waals surface area (Å²) in [5.41, 5.74) is 1.67. The number of carbonyl (C=O) groups is 2. The average molecular weight is 490 g/mol. The van der Waals surface area contributed by atoms with Crippen LogP contribution in [0.1, 0.15) is 59.3 Å². The maximum Gasteiger partial charge on any atom is 0.416 e. The molecular weight excluding hydrogens is 462 g/mol. The highest BCUT2D eigenvalue weighted by molar-refractivity contribution is 6.02. The normalized spacial score (nSPS) is 18.2. The zero-order valence-corrected chi connectivity index (χ0v) is 19.5. The van der Waals surface area contributed by atoms with Crippen LogP contribution in [0.5, 0.6) is 0 Å². The minimum absolute atomic E-state index is 0.0286. The maximum atomic E-state index is 14.7. The topological polar surface area (TPSA) is 61.4 Å². The first-order valence-corrected chi connectivity index (χ1v) is 11.6. The molecule has 2 aromatic rings. The van der Waals surface area contributed by atoms with E-state index < -0.39 is 35.5 Å². The molecule has 2 atom stereocenters. The second kappa shape index (κ2) is 9.71. The second-order valence-electron chi connectivity index (χ2n) is 8.89. The zero-order chi connectivity index (χ0) is 25.3. The Bertz CT molecular complexity index is 1180. The molecule has 1 saturated heterocycles. The van der Waals surface area contributed by atoms with Crippen LogP contribution in [-0.2, 0) is 11.0 Å². The van der Waals surface area contributed by atoms with Gasteiger partial charge < -0.3 is 15.5 Å². The van der Waals surface area contributed by atoms with E-state index in [1.165, 1.54) is 4.90 Å². The van der Waals surface area contributed by atoms with E-state index in [0.29, 0.717) is 49.7 Å². The third-order valence-electron chi connectivity index (χ3n) is 6.33. The molecule has 35 heavy (non-hydrogen) atoms. The van der Waals surface area contributed by atoms with Crippen molar-refractivity contribution in [1.82, 2.24) is 10.2 Å². The van der Waals surface area contributed by atoms with E-state index in [4.69, 9.17) is 0 Å². The fourth-order valence-electron chi connectivity index (χ4n) is 4.46. The van der Waals surface area contributed by atoms with Gasteiger partial charge in [-0.2, -0.15) is 13.2 Å². The largest absolute Gasteiger partial charge is 0.416 e. The third kappa shape index (κ3) is 5.33. The van der Waals surface area contributed by atoms with Crippen molar-refractivity contribution in [1.29, 1.82) is 0 Å². The molecule has 1 aliphatic heterocycles. The predicted molar refractivity (Wildman–Crippen MR) is 124 cm³/mol. The van der Waals surface area contributed by atoms with Gasteiger partial charge >= 0.3 is 6.18 Å². The quantitative estimate of drug-likeness (QED) is 0.406. The summed E-state index contributed by atoms with van der Waals surface area (Å²) in [6, 6.07) is 6.21. The van der Waals surface area contributed by atoms with Gasteiger partial charge in [0.05, 0.1) is 17.2 Å². The molecule has 2 amide bonds. The number of anilines is 1. The lowest BCUT2D eigenvalue weighted by molar-refractivity contribution is -0.137. The Balaban J connectivity index is 1.55. The molecule has 186 valence electrons. The molecule has 1 fully saturated rings. The number of alkyl halides is 3. The van der Waals surface area contributed by atoms with Gasteiger partial charge in [-0.05, 0) is 62.9 Å². The molecule has 2 aliphatic rings. The van der Waals surface area contributed by atoms with Gasteiger partial charge in [-0.15, -0.1) is 0 Å². The van der Waals surface area contributed by atoms with E-state index in [1.807, 2.05) is 26.0 Å². The van der Waals surface area contributed by atoms with Gasteiger partial charge in [-0.3, -0.25) is 9.59 Å². The molecule has 4 rings (SSSR count). The van der Waals surface area contributed by atoms with Gasteiger partial charge in [0, 0.05) is 24.3 Å². The van der Waals surface area contributed by atoms with Gasteiger partial charge in [-0.1, -0.05) is 23.8 Å². The summed E-state index contributed by atoms with van der Waals surface area (Å²) in [6.07, 6.45) is -1.26. The molecule has 5 nitrogen and oxygen atoms in total. The Morgan fingerprint density at radius 1 is 1.17 bits per heavy atom. The Morgan fingerprint density at radius 2 is 1.91 bits per heavy atom. The van der Waals surface area contributed by atoms with Crippen LogP contribution in [0.3, 0.4) is 0 Å². The SMILES string of the molecule is CCNc1ccc(C)cc1C(=O)N1CCC[C@@H]1C(=O)N[C@H](C1=CC1)c1ccc(C(F)(F)F)cc1F. The summed E-state index contributed by atoms with van der Waals surface area (Å²) in [5, 5.41) is 5.96. The summed E-state index contributed by atoms with van der Waals surface area (Å²) in [7, 11) is 0. The van der Waals surface area contributed by atoms with Crippen molar-refractivity contribution in [3.8, 4) is 0 Å². The molecule has 1 aliphatic carbocycles. The minimum atomic E-state index is -4.66. The molecule has 0 aromatic heterocycles. The number of nitrogens with zero attached hydrogens (tertiary/aromatic N) is 1. The van der Waals surface area contributed by atoms with Crippen molar-refractivity contribution in [2.45, 2.75) is 51.4 Å². The summed E-state index contributed by atoms with van der Waals surface area (Å²) in [5.74, 6) is -1.76. The number of rotatable bonds is 7. The van der Waals surface area contributed by atoms with E-state index in [9.17, 15) is 27.2 Å². The van der Waals surface area contributed by atoms with Crippen LogP contribution < -0.4 is 10.6 Å². The van der Waals surface area contributed by atoms with Crippen molar-refractivity contribution < 1.29 is 27.2 Å². The van der Waals surface area contributed by atoms with Gasteiger partial charge in [0.15, 0.2) is 0 Å². The number of benzene rings is 2. The molecule has 0 unspecified atom stereocenters. The number of hydrogen-bond donors (Lipinski definition) is 2. The van der Waals surface area contributed by atoms with Crippen molar-refractivity contribution >= 4 is 17.5 Å². The number of carbonyl (C=O) groups excluding carboxylic acids is 2. The van der Waals surface area contributed by atoms with Crippen LogP contribution in [0.4, 0.5) is 23.2 Å². The van der Waals surface area contributed by atoms with Crippen molar-refractivity contribution in [3.63, 3.8) is 0 Å². The molecule has 1 heterocycles. The van der Waals surface area contributed by atoms with E-state index in [2.05, 4.69) is 10.6 Å². The van der Waals surface area contributed by atoms with Gasteiger partial charge in [0.25, 0.3) is 5.91 Å². The average Bonchev–Trinajstić information content (AvgIpc) is 3.53. The third-order valence-corrected chi connectivity index (χ3v) is 6.33. The second-order valence-corrected chi connectivity index (χ2v) is 8.89. The lowest BCUT2D eigenvalue weighted by atomic mass is 10.0. The van der Waals surface area contributed by atoms with Crippen LogP contribution in [0.15, 0.2) is 48.0 Å². The highest BCUT2D eigenvalue weighted by Crippen LogP contribution is 2.38. The maximum absolute atomic E-state index is 14.7. The number of halogens is 4. The molecule has 0 saturated carbocycles. The van der Waals surface area contributed by atoms with Gasteiger partial charge in [0.2, 0.25) is 5.91 Å². The highest BCUT2D eigenvalue weighted by atomic mass is 19.4. The Hall–Kier alpha value is -3.36. The molecule has 0 spiro atoms. The molecular formula is C26H27F4N3O2. The number of amides is 2. The molecule has 9 heteroatoms. The van der Waals surface area contributed by atoms with Crippen LogP contribution in [0.2, 0.25) is 0 Å². The van der Waals surface area contributed by atoms with Crippen molar-refractivity contribution in [2.24, 2.45) is 0 Å². The van der Waals surface area contributed by atoms with Crippen LogP contribution in [-0.4, -0.2) is 35.8 Å². The Morgan fingerprint density at radius 3 is 2.54 bits per heavy atom. The fraction of sp³-hybridized carbons (Fsp3) is 0.385. The molecule has 2 N–H and O–H groups in total. The number of nitrogens with one attached hydrogen (secondary N) is 2. The molecule has 2 aromatic carbocycles. The molecule has 0 radical (unpaired) electrons. The smallest absolute Gasteiger partial charge is 0.385 e. The van der Waals surface area contributed by atoms with E-state index in [0.717, 1.165) is 23.3 Å². The molecule has 0 bridgehead atoms. The number of hydrogen-bond acceptors (Lipinski definition) is 3. The first-order valence-electron chi connectivity index (χ1n) is 11.6. The first kappa shape index (κ1) is 24.8. The zero-order valence-electron chi connectivity index (χ0n) is 19.5. The van der Waals surface area contributed by atoms with Crippen LogP contribution >= 0.6 is 0 Å². The Labute approximate surface area is 201 Å². The Kier molecular flexibility index (Phi) is 6.87. The fourth-order valence-corrected chi connectivity index (χ4v) is 4.46. The van der Waals surface area contributed by atoms with Crippen molar-refractivity contribution in [2.75, 3.05) is 18.4 Å². The highest BCUT2D eigenvalue weighted by Gasteiger charge is 2.38. The van der Waals surface area contributed by atoms with Crippen molar-refractivity contribution in [3.05, 3.63) is 76.1 Å². The summed E-state index contributed by atoms with van der Waals surface area (Å²) < 4.78 is 53.5. The van der Waals surface area contributed by atoms with E-state index in [-0.39, 0.29) is 11.5 Å². The number of allylic oxidation sites excluding steroid dienone is 1. The van der Waals surface area contributed by atoms with E-state index >= 15 is 0 Å². The summed E-state index contributed by atoms with van der Waals surface area (Å²) in [4.78, 5) is 28.2. The monoisotopic (exact) mass is 489 g/mol. The van der Waals surface area contributed by atoms with Crippen LogP contribution in [0.25, 0.3) is 0 Å². The lowest BCUT2D eigenvalue weighted by Gasteiger charge is -2.27. The predicted octanol–water partition coefficient (Wildman–Crippen LogP) is 5.38. The van der Waals surface area contributed by atoms with Gasteiger partial charge in [-0.25, -0.2) is 4.39 Å². The van der Waals surface area contributed by atoms with Crippen LogP contribution in [0, 0.1) is 12.7 Å². The minimum Gasteiger partial charge on any atom is -0.385 e. The summed E-state index contributed by atoms with van der Waals surface area (Å²) in [6.45, 7) is 4.84.